The average Bonchev–Trinajstić information content (AvgIpc) is 3.61. The zero-order valence-corrected chi connectivity index (χ0v) is 17.8. The van der Waals surface area contributed by atoms with Crippen LogP contribution in [0.1, 0.15) is 43.7 Å². The Morgan fingerprint density at radius 1 is 1.00 bits per heavy atom. The molecule has 7 heteroatoms. The molecule has 7 nitrogen and oxygen atoms in total. The third kappa shape index (κ3) is 3.02. The third-order valence-electron chi connectivity index (χ3n) is 7.63. The first-order valence-corrected chi connectivity index (χ1v) is 11.6. The predicted molar refractivity (Wildman–Crippen MR) is 118 cm³/mol. The number of rotatable bonds is 5. The highest BCUT2D eigenvalue weighted by molar-refractivity contribution is 6.09. The van der Waals surface area contributed by atoms with Crippen molar-refractivity contribution in [1.82, 2.24) is 14.7 Å². The van der Waals surface area contributed by atoms with Crippen molar-refractivity contribution in [1.29, 1.82) is 0 Å². The van der Waals surface area contributed by atoms with E-state index in [1.54, 1.807) is 4.68 Å². The van der Waals surface area contributed by atoms with E-state index in [2.05, 4.69) is 17.5 Å². The number of hydrogen-bond acceptors (Lipinski definition) is 4. The maximum absolute atomic E-state index is 13.0. The summed E-state index contributed by atoms with van der Waals surface area (Å²) in [5.74, 6) is -0.0782. The summed E-state index contributed by atoms with van der Waals surface area (Å²) in [5.41, 5.74) is 1.84. The molecule has 3 fully saturated rings. The van der Waals surface area contributed by atoms with Crippen LogP contribution in [0.2, 0.25) is 0 Å². The van der Waals surface area contributed by atoms with Crippen LogP contribution < -0.4 is 5.32 Å². The molecule has 2 aromatic rings. The highest BCUT2D eigenvalue weighted by Gasteiger charge is 2.59. The van der Waals surface area contributed by atoms with Crippen LogP contribution in [0.5, 0.6) is 0 Å². The number of carbonyl (C=O) groups is 3. The van der Waals surface area contributed by atoms with E-state index in [1.165, 1.54) is 12.8 Å². The number of likely N-dealkylation sites (tertiary alicyclic amines) is 1. The SMILES string of the molecule is O=C(CN1C(=O)C2C3C=CC(C3)C2C1=O)Nc1cc(C2CCCC2)nn1-c1ccccc1. The van der Waals surface area contributed by atoms with Gasteiger partial charge < -0.3 is 5.32 Å². The Hall–Kier alpha value is -3.22. The molecule has 1 aromatic heterocycles. The molecule has 164 valence electrons. The predicted octanol–water partition coefficient (Wildman–Crippen LogP) is 3.28. The first-order valence-electron chi connectivity index (χ1n) is 11.6. The van der Waals surface area contributed by atoms with Crippen LogP contribution in [0.4, 0.5) is 5.82 Å². The summed E-state index contributed by atoms with van der Waals surface area (Å²) in [6.07, 6.45) is 9.61. The van der Waals surface area contributed by atoms with Gasteiger partial charge in [-0.25, -0.2) is 4.68 Å². The van der Waals surface area contributed by atoms with E-state index in [0.717, 1.165) is 35.5 Å². The van der Waals surface area contributed by atoms with Crippen molar-refractivity contribution in [2.75, 3.05) is 11.9 Å². The fraction of sp³-hybridized carbons (Fsp3) is 0.440. The van der Waals surface area contributed by atoms with Crippen LogP contribution in [0.15, 0.2) is 48.6 Å². The Labute approximate surface area is 186 Å². The summed E-state index contributed by atoms with van der Waals surface area (Å²) in [5, 5.41) is 7.72. The highest BCUT2D eigenvalue weighted by atomic mass is 16.2. The summed E-state index contributed by atoms with van der Waals surface area (Å²) < 4.78 is 1.75. The van der Waals surface area contributed by atoms with Crippen LogP contribution in [0, 0.1) is 23.7 Å². The second kappa shape index (κ2) is 7.43. The number of para-hydroxylation sites is 1. The fourth-order valence-corrected chi connectivity index (χ4v) is 6.12. The van der Waals surface area contributed by atoms with E-state index >= 15 is 0 Å². The smallest absolute Gasteiger partial charge is 0.245 e. The van der Waals surface area contributed by atoms with E-state index in [1.807, 2.05) is 36.4 Å². The Bertz CT molecular complexity index is 1090. The summed E-state index contributed by atoms with van der Waals surface area (Å²) in [6.45, 7) is -0.247. The standard InChI is InChI=1S/C25H26N4O3/c30-21(14-28-24(31)22-16-10-11-17(12-16)23(22)25(28)32)26-20-13-19(15-6-4-5-7-15)27-29(20)18-8-2-1-3-9-18/h1-3,8-11,13,15-17,22-23H,4-7,12,14H2,(H,26,30). The minimum atomic E-state index is -0.373. The van der Waals surface area contributed by atoms with Gasteiger partial charge in [-0.05, 0) is 43.2 Å². The van der Waals surface area contributed by atoms with Gasteiger partial charge in [0.25, 0.3) is 0 Å². The number of aromatic nitrogens is 2. The molecular formula is C25H26N4O3. The largest absolute Gasteiger partial charge is 0.309 e. The Morgan fingerprint density at radius 3 is 2.31 bits per heavy atom. The zero-order chi connectivity index (χ0) is 21.8. The number of amides is 3. The molecule has 4 aliphatic rings. The third-order valence-corrected chi connectivity index (χ3v) is 7.63. The Kier molecular flexibility index (Phi) is 4.52. The first-order chi connectivity index (χ1) is 15.6. The maximum atomic E-state index is 13.0. The fourth-order valence-electron chi connectivity index (χ4n) is 6.12. The molecule has 0 radical (unpaired) electrons. The van der Waals surface area contributed by atoms with Crippen molar-refractivity contribution in [3.63, 3.8) is 0 Å². The van der Waals surface area contributed by atoms with Gasteiger partial charge in [-0.3, -0.25) is 19.3 Å². The molecule has 6 rings (SSSR count). The van der Waals surface area contributed by atoms with Gasteiger partial charge in [0.15, 0.2) is 0 Å². The van der Waals surface area contributed by atoms with Crippen molar-refractivity contribution in [3.05, 3.63) is 54.2 Å². The monoisotopic (exact) mass is 430 g/mol. The van der Waals surface area contributed by atoms with Crippen molar-refractivity contribution in [2.45, 2.75) is 38.0 Å². The summed E-state index contributed by atoms with van der Waals surface area (Å²) in [6, 6.07) is 11.6. The molecule has 4 unspecified atom stereocenters. The molecule has 1 aromatic carbocycles. The first kappa shape index (κ1) is 19.5. The summed E-state index contributed by atoms with van der Waals surface area (Å²) in [4.78, 5) is 40.0. The molecule has 2 heterocycles. The number of carbonyl (C=O) groups excluding carboxylic acids is 3. The molecule has 32 heavy (non-hydrogen) atoms. The molecule has 3 amide bonds. The molecule has 2 saturated carbocycles. The number of benzene rings is 1. The lowest BCUT2D eigenvalue weighted by atomic mass is 9.85. The van der Waals surface area contributed by atoms with Crippen LogP contribution in [-0.4, -0.2) is 38.9 Å². The van der Waals surface area contributed by atoms with Crippen LogP contribution in [0.3, 0.4) is 0 Å². The van der Waals surface area contributed by atoms with Gasteiger partial charge in [0.1, 0.15) is 12.4 Å². The minimum absolute atomic E-state index is 0.142. The molecule has 4 atom stereocenters. The topological polar surface area (TPSA) is 84.3 Å². The zero-order valence-electron chi connectivity index (χ0n) is 17.8. The van der Waals surface area contributed by atoms with Crippen molar-refractivity contribution >= 4 is 23.5 Å². The van der Waals surface area contributed by atoms with E-state index in [-0.39, 0.29) is 47.9 Å². The minimum Gasteiger partial charge on any atom is -0.309 e. The molecule has 2 bridgehead atoms. The van der Waals surface area contributed by atoms with E-state index in [9.17, 15) is 14.4 Å². The Balaban J connectivity index is 1.23. The van der Waals surface area contributed by atoms with Crippen molar-refractivity contribution < 1.29 is 14.4 Å². The van der Waals surface area contributed by atoms with Crippen LogP contribution >= 0.6 is 0 Å². The van der Waals surface area contributed by atoms with E-state index < -0.39 is 0 Å². The number of imide groups is 1. The average molecular weight is 431 g/mol. The van der Waals surface area contributed by atoms with Crippen LogP contribution in [-0.2, 0) is 14.4 Å². The molecular weight excluding hydrogens is 404 g/mol. The van der Waals surface area contributed by atoms with E-state index in [4.69, 9.17) is 5.10 Å². The summed E-state index contributed by atoms with van der Waals surface area (Å²) >= 11 is 0. The molecule has 3 aliphatic carbocycles. The molecule has 1 saturated heterocycles. The van der Waals surface area contributed by atoms with Gasteiger partial charge in [0.2, 0.25) is 17.7 Å². The van der Waals surface area contributed by atoms with Gasteiger partial charge in [0.05, 0.1) is 23.2 Å². The molecule has 0 spiro atoms. The number of allylic oxidation sites excluding steroid dienone is 2. The maximum Gasteiger partial charge on any atom is 0.245 e. The quantitative estimate of drug-likeness (QED) is 0.583. The Morgan fingerprint density at radius 2 is 1.66 bits per heavy atom. The normalized spacial score (nSPS) is 28.7. The van der Waals surface area contributed by atoms with Gasteiger partial charge in [-0.1, -0.05) is 43.2 Å². The summed E-state index contributed by atoms with van der Waals surface area (Å²) in [7, 11) is 0. The molecule has 1 aliphatic heterocycles. The number of nitrogens with one attached hydrogen (secondary N) is 1. The van der Waals surface area contributed by atoms with E-state index in [0.29, 0.717) is 11.7 Å². The second-order valence-corrected chi connectivity index (χ2v) is 9.49. The second-order valence-electron chi connectivity index (χ2n) is 9.49. The molecule has 1 N–H and O–H groups in total. The number of hydrogen-bond donors (Lipinski definition) is 1. The number of anilines is 1. The lowest BCUT2D eigenvalue weighted by molar-refractivity contribution is -0.143. The van der Waals surface area contributed by atoms with Crippen LogP contribution in [0.25, 0.3) is 5.69 Å². The number of nitrogens with zero attached hydrogens (tertiary/aromatic N) is 3. The van der Waals surface area contributed by atoms with Gasteiger partial charge in [0, 0.05) is 12.0 Å². The van der Waals surface area contributed by atoms with Crippen molar-refractivity contribution in [3.8, 4) is 5.69 Å². The highest BCUT2D eigenvalue weighted by Crippen LogP contribution is 2.52. The van der Waals surface area contributed by atoms with Gasteiger partial charge >= 0.3 is 0 Å². The van der Waals surface area contributed by atoms with Crippen molar-refractivity contribution in [2.24, 2.45) is 23.7 Å². The lowest BCUT2D eigenvalue weighted by Crippen LogP contribution is -2.39. The lowest BCUT2D eigenvalue weighted by Gasteiger charge is -2.17. The van der Waals surface area contributed by atoms with Gasteiger partial charge in [-0.15, -0.1) is 0 Å². The number of fused-ring (bicyclic) bond motifs is 5. The van der Waals surface area contributed by atoms with Gasteiger partial charge in [-0.2, -0.15) is 5.10 Å².